The van der Waals surface area contributed by atoms with Gasteiger partial charge in [-0.1, -0.05) is 30.0 Å². The third-order valence-corrected chi connectivity index (χ3v) is 6.29. The summed E-state index contributed by atoms with van der Waals surface area (Å²) in [5.41, 5.74) is 1.66. The van der Waals surface area contributed by atoms with E-state index in [1.54, 1.807) is 40.5 Å². The van der Waals surface area contributed by atoms with Crippen molar-refractivity contribution < 1.29 is 4.39 Å². The molecule has 5 rings (SSSR count). The fourth-order valence-corrected chi connectivity index (χ4v) is 4.54. The Morgan fingerprint density at radius 1 is 1.00 bits per heavy atom. The van der Waals surface area contributed by atoms with Crippen molar-refractivity contribution in [1.29, 1.82) is 0 Å². The molecule has 4 aromatic heterocycles. The molecule has 0 radical (unpaired) electrons. The van der Waals surface area contributed by atoms with Crippen LogP contribution in [0, 0.1) is 5.82 Å². The van der Waals surface area contributed by atoms with Crippen LogP contribution in [0.3, 0.4) is 0 Å². The largest absolute Gasteiger partial charge is 0.332 e. The van der Waals surface area contributed by atoms with Crippen LogP contribution in [0.2, 0.25) is 0 Å². The van der Waals surface area contributed by atoms with Crippen LogP contribution < -0.4 is 11.2 Å². The Balaban J connectivity index is 1.73. The Bertz CT molecular complexity index is 1570. The molecule has 9 nitrogen and oxygen atoms in total. The van der Waals surface area contributed by atoms with Crippen LogP contribution in [0.5, 0.6) is 0 Å². The van der Waals surface area contributed by atoms with E-state index >= 15 is 0 Å². The van der Waals surface area contributed by atoms with E-state index in [1.165, 1.54) is 35.5 Å². The van der Waals surface area contributed by atoms with Gasteiger partial charge in [0.15, 0.2) is 16.3 Å². The highest BCUT2D eigenvalue weighted by Crippen LogP contribution is 2.26. The Hall–Kier alpha value is -3.73. The second-order valence-electron chi connectivity index (χ2n) is 7.36. The van der Waals surface area contributed by atoms with E-state index in [0.29, 0.717) is 27.9 Å². The van der Waals surface area contributed by atoms with Crippen molar-refractivity contribution in [1.82, 2.24) is 33.3 Å². The topological polar surface area (TPSA) is 92.0 Å². The van der Waals surface area contributed by atoms with Crippen LogP contribution in [-0.4, -0.2) is 33.3 Å². The molecule has 0 saturated heterocycles. The summed E-state index contributed by atoms with van der Waals surface area (Å²) < 4.78 is 19.3. The number of nitrogens with zero attached hydrogens (tertiary/aromatic N) is 7. The molecular weight excluding hydrogens is 433 g/mol. The molecule has 0 amide bonds. The summed E-state index contributed by atoms with van der Waals surface area (Å²) in [6.07, 6.45) is 3.48. The van der Waals surface area contributed by atoms with Crippen molar-refractivity contribution in [2.24, 2.45) is 14.1 Å². The molecule has 0 unspecified atom stereocenters. The first kappa shape index (κ1) is 20.2. The third-order valence-electron chi connectivity index (χ3n) is 5.29. The van der Waals surface area contributed by atoms with Crippen molar-refractivity contribution in [3.63, 3.8) is 0 Å². The number of benzene rings is 1. The molecule has 5 aromatic rings. The lowest BCUT2D eigenvalue weighted by Crippen LogP contribution is -2.37. The Morgan fingerprint density at radius 2 is 1.78 bits per heavy atom. The van der Waals surface area contributed by atoms with Crippen LogP contribution in [0.15, 0.2) is 63.5 Å². The first-order valence-electron chi connectivity index (χ1n) is 9.75. The lowest BCUT2D eigenvalue weighted by Gasteiger charge is -2.07. The van der Waals surface area contributed by atoms with Gasteiger partial charge in [-0.25, -0.2) is 13.6 Å². The van der Waals surface area contributed by atoms with Gasteiger partial charge in [-0.2, -0.15) is 0 Å². The molecule has 4 heterocycles. The molecule has 0 atom stereocenters. The average molecular weight is 451 g/mol. The number of rotatable bonds is 5. The molecule has 32 heavy (non-hydrogen) atoms. The van der Waals surface area contributed by atoms with E-state index in [9.17, 15) is 14.0 Å². The van der Waals surface area contributed by atoms with Crippen molar-refractivity contribution in [3.8, 4) is 0 Å². The van der Waals surface area contributed by atoms with Gasteiger partial charge in [-0.3, -0.25) is 23.5 Å². The maximum Gasteiger partial charge on any atom is 0.332 e. The van der Waals surface area contributed by atoms with Crippen LogP contribution in [0.1, 0.15) is 11.1 Å². The quantitative estimate of drug-likeness (QED) is 0.380. The molecule has 162 valence electrons. The van der Waals surface area contributed by atoms with Gasteiger partial charge < -0.3 is 0 Å². The number of thioether (sulfide) groups is 1. The molecule has 0 spiro atoms. The SMILES string of the molecule is Cn1c(=O)c2c(n(C)c1=O)n1c(SCc3cccnc3)nnc1n2Cc1ccc(F)cc1. The van der Waals surface area contributed by atoms with Crippen LogP contribution in [0.4, 0.5) is 4.39 Å². The van der Waals surface area contributed by atoms with Crippen molar-refractivity contribution in [3.05, 3.63) is 86.6 Å². The van der Waals surface area contributed by atoms with E-state index in [4.69, 9.17) is 0 Å². The minimum absolute atomic E-state index is 0.270. The number of fused-ring (bicyclic) bond motifs is 3. The number of pyridine rings is 1. The summed E-state index contributed by atoms with van der Waals surface area (Å²) in [5, 5.41) is 9.19. The van der Waals surface area contributed by atoms with Crippen molar-refractivity contribution in [2.75, 3.05) is 0 Å². The van der Waals surface area contributed by atoms with Gasteiger partial charge in [0, 0.05) is 32.2 Å². The van der Waals surface area contributed by atoms with Crippen LogP contribution in [0.25, 0.3) is 16.9 Å². The molecule has 0 aliphatic rings. The zero-order valence-electron chi connectivity index (χ0n) is 17.3. The van der Waals surface area contributed by atoms with Gasteiger partial charge in [-0.05, 0) is 29.3 Å². The predicted molar refractivity (Wildman–Crippen MR) is 118 cm³/mol. The second kappa shape index (κ2) is 7.75. The summed E-state index contributed by atoms with van der Waals surface area (Å²) in [7, 11) is 3.06. The molecule has 0 fully saturated rings. The fraction of sp³-hybridized carbons (Fsp3) is 0.190. The number of halogens is 1. The van der Waals surface area contributed by atoms with E-state index < -0.39 is 11.2 Å². The molecule has 0 aliphatic heterocycles. The van der Waals surface area contributed by atoms with E-state index in [1.807, 2.05) is 12.1 Å². The molecule has 1 aromatic carbocycles. The summed E-state index contributed by atoms with van der Waals surface area (Å²) in [5.74, 6) is 0.681. The first-order chi connectivity index (χ1) is 15.5. The predicted octanol–water partition coefficient (Wildman–Crippen LogP) is 1.96. The summed E-state index contributed by atoms with van der Waals surface area (Å²) in [6.45, 7) is 0.270. The molecule has 0 bridgehead atoms. The molecule has 0 N–H and O–H groups in total. The minimum Gasteiger partial charge on any atom is -0.298 e. The normalized spacial score (nSPS) is 11.6. The number of imidazole rings is 1. The zero-order chi connectivity index (χ0) is 22.4. The van der Waals surface area contributed by atoms with E-state index in [0.717, 1.165) is 15.7 Å². The average Bonchev–Trinajstić information content (AvgIpc) is 3.36. The lowest BCUT2D eigenvalue weighted by molar-refractivity contribution is 0.626. The fourth-order valence-electron chi connectivity index (χ4n) is 3.68. The smallest absolute Gasteiger partial charge is 0.298 e. The van der Waals surface area contributed by atoms with Crippen molar-refractivity contribution >= 4 is 28.7 Å². The van der Waals surface area contributed by atoms with Gasteiger partial charge in [0.25, 0.3) is 5.56 Å². The van der Waals surface area contributed by atoms with Gasteiger partial charge in [0.1, 0.15) is 5.82 Å². The maximum atomic E-state index is 13.4. The highest BCUT2D eigenvalue weighted by molar-refractivity contribution is 7.98. The number of hydrogen-bond donors (Lipinski definition) is 0. The second-order valence-corrected chi connectivity index (χ2v) is 8.30. The van der Waals surface area contributed by atoms with Crippen LogP contribution in [-0.2, 0) is 26.4 Å². The minimum atomic E-state index is -0.444. The first-order valence-corrected chi connectivity index (χ1v) is 10.7. The van der Waals surface area contributed by atoms with Gasteiger partial charge in [0.05, 0.1) is 6.54 Å². The molecule has 11 heteroatoms. The van der Waals surface area contributed by atoms with Crippen molar-refractivity contribution in [2.45, 2.75) is 17.5 Å². The van der Waals surface area contributed by atoms with Gasteiger partial charge in [0.2, 0.25) is 5.78 Å². The number of hydrogen-bond acceptors (Lipinski definition) is 6. The molecule has 0 saturated carbocycles. The summed E-state index contributed by atoms with van der Waals surface area (Å²) >= 11 is 1.43. The number of aromatic nitrogens is 7. The summed E-state index contributed by atoms with van der Waals surface area (Å²) in [6, 6.07) is 9.85. The zero-order valence-corrected chi connectivity index (χ0v) is 18.1. The third kappa shape index (κ3) is 3.21. The van der Waals surface area contributed by atoms with Gasteiger partial charge >= 0.3 is 5.69 Å². The Kier molecular flexibility index (Phi) is 4.89. The van der Waals surface area contributed by atoms with E-state index in [2.05, 4.69) is 15.2 Å². The highest BCUT2D eigenvalue weighted by atomic mass is 32.2. The number of aryl methyl sites for hydroxylation is 1. The molecule has 0 aliphatic carbocycles. The molecular formula is C21H18FN7O2S. The van der Waals surface area contributed by atoms with Crippen LogP contribution >= 0.6 is 11.8 Å². The summed E-state index contributed by atoms with van der Waals surface area (Å²) in [4.78, 5) is 29.9. The Morgan fingerprint density at radius 3 is 2.50 bits per heavy atom. The lowest BCUT2D eigenvalue weighted by atomic mass is 10.2. The standard InChI is InChI=1S/C21H18FN7O2S/c1-26-17-16(18(30)27(2)21(26)31)28(11-13-5-7-15(22)8-6-13)19-24-25-20(29(17)19)32-12-14-4-3-9-23-10-14/h3-10H,11-12H2,1-2H3. The monoisotopic (exact) mass is 451 g/mol. The Labute approximate surface area is 184 Å². The highest BCUT2D eigenvalue weighted by Gasteiger charge is 2.23. The maximum absolute atomic E-state index is 13.4. The van der Waals surface area contributed by atoms with Gasteiger partial charge in [-0.15, -0.1) is 10.2 Å². The van der Waals surface area contributed by atoms with E-state index in [-0.39, 0.29) is 12.4 Å².